The lowest BCUT2D eigenvalue weighted by atomic mass is 10.2. The van der Waals surface area contributed by atoms with Gasteiger partial charge in [-0.1, -0.05) is 46.2 Å². The number of rotatable bonds is 6. The Morgan fingerprint density at radius 1 is 1.10 bits per heavy atom. The van der Waals surface area contributed by atoms with Crippen LogP contribution in [0.1, 0.15) is 21.7 Å². The van der Waals surface area contributed by atoms with Gasteiger partial charge in [-0.15, -0.1) is 5.10 Å². The molecule has 0 unspecified atom stereocenters. The number of nitrogens with one attached hydrogen (secondary N) is 1. The summed E-state index contributed by atoms with van der Waals surface area (Å²) >= 11 is 13.6. The Bertz CT molecular complexity index is 1210. The summed E-state index contributed by atoms with van der Waals surface area (Å²) in [6, 6.07) is 14.1. The Morgan fingerprint density at radius 3 is 2.55 bits per heavy atom. The van der Waals surface area contributed by atoms with E-state index in [1.165, 1.54) is 11.8 Å². The first-order valence-corrected chi connectivity index (χ1v) is 10.9. The molecule has 0 atom stereocenters. The molecule has 0 aliphatic rings. The van der Waals surface area contributed by atoms with Gasteiger partial charge in [0.05, 0.1) is 11.4 Å². The van der Waals surface area contributed by atoms with Gasteiger partial charge in [0.25, 0.3) is 5.91 Å². The number of carbonyl (C=O) groups excluding carboxylic acids is 1. The quantitative estimate of drug-likeness (QED) is 0.307. The van der Waals surface area contributed by atoms with Gasteiger partial charge in [0.1, 0.15) is 0 Å². The molecule has 0 spiro atoms. The molecular formula is C21H16Cl2N6OS. The van der Waals surface area contributed by atoms with Gasteiger partial charge in [-0.25, -0.2) is 14.6 Å². The maximum Gasteiger partial charge on any atom is 0.278 e. The van der Waals surface area contributed by atoms with Crippen molar-refractivity contribution in [3.63, 3.8) is 0 Å². The minimum atomic E-state index is -0.378. The fraction of sp³-hybridized carbons (Fsp3) is 0.0952. The van der Waals surface area contributed by atoms with Crippen molar-refractivity contribution in [1.82, 2.24) is 25.0 Å². The number of aryl methyl sites for hydroxylation is 1. The molecule has 0 bridgehead atoms. The Kier molecular flexibility index (Phi) is 6.50. The van der Waals surface area contributed by atoms with E-state index in [2.05, 4.69) is 25.6 Å². The molecule has 0 saturated carbocycles. The van der Waals surface area contributed by atoms with E-state index in [1.54, 1.807) is 53.5 Å². The zero-order valence-corrected chi connectivity index (χ0v) is 18.6. The topological polar surface area (TPSA) is 85.6 Å². The number of nitrogens with zero attached hydrogens (tertiary/aromatic N) is 5. The monoisotopic (exact) mass is 470 g/mol. The summed E-state index contributed by atoms with van der Waals surface area (Å²) in [7, 11) is 0. The molecule has 2 heterocycles. The number of amides is 1. The Morgan fingerprint density at radius 2 is 1.84 bits per heavy atom. The molecule has 31 heavy (non-hydrogen) atoms. The van der Waals surface area contributed by atoms with Crippen LogP contribution < -0.4 is 5.32 Å². The van der Waals surface area contributed by atoms with Crippen molar-refractivity contribution in [2.45, 2.75) is 17.8 Å². The molecule has 0 aliphatic heterocycles. The molecule has 1 N–H and O–H groups in total. The van der Waals surface area contributed by atoms with Gasteiger partial charge >= 0.3 is 0 Å². The standard InChI is InChI=1S/C21H16Cl2N6OS/c1-13-3-8-16(11-17(13)23)29-18(12-31-21-24-9-2-10-25-21)19(27-28-29)20(30)26-15-6-4-14(22)5-7-15/h2-11H,12H2,1H3,(H,26,30). The van der Waals surface area contributed by atoms with Crippen molar-refractivity contribution in [3.8, 4) is 5.69 Å². The van der Waals surface area contributed by atoms with Crippen molar-refractivity contribution in [3.05, 3.63) is 87.9 Å². The molecule has 1 amide bonds. The van der Waals surface area contributed by atoms with E-state index in [9.17, 15) is 4.79 Å². The summed E-state index contributed by atoms with van der Waals surface area (Å²) in [5, 5.41) is 13.0. The minimum absolute atomic E-state index is 0.204. The lowest BCUT2D eigenvalue weighted by Gasteiger charge is -2.09. The van der Waals surface area contributed by atoms with E-state index < -0.39 is 0 Å². The Hall–Kier alpha value is -2.94. The van der Waals surface area contributed by atoms with E-state index in [1.807, 2.05) is 19.1 Å². The molecule has 2 aromatic carbocycles. The lowest BCUT2D eigenvalue weighted by molar-refractivity contribution is 0.102. The SMILES string of the molecule is Cc1ccc(-n2nnc(C(=O)Nc3ccc(Cl)cc3)c2CSc2ncccn2)cc1Cl. The number of hydrogen-bond acceptors (Lipinski definition) is 6. The summed E-state index contributed by atoms with van der Waals surface area (Å²) in [5.74, 6) is 0.00246. The van der Waals surface area contributed by atoms with Crippen molar-refractivity contribution >= 4 is 46.6 Å². The fourth-order valence-corrected chi connectivity index (χ4v) is 3.84. The van der Waals surface area contributed by atoms with Crippen LogP contribution in [0, 0.1) is 6.92 Å². The molecule has 0 fully saturated rings. The fourth-order valence-electron chi connectivity index (χ4n) is 2.74. The first kappa shape index (κ1) is 21.3. The number of anilines is 1. The second kappa shape index (κ2) is 9.47. The maximum absolute atomic E-state index is 13.0. The third-order valence-corrected chi connectivity index (χ3v) is 5.91. The number of aromatic nitrogens is 5. The number of carbonyl (C=O) groups is 1. The Labute approximate surface area is 192 Å². The minimum Gasteiger partial charge on any atom is -0.321 e. The largest absolute Gasteiger partial charge is 0.321 e. The van der Waals surface area contributed by atoms with E-state index in [0.717, 1.165) is 5.56 Å². The third-order valence-electron chi connectivity index (χ3n) is 4.36. The Balaban J connectivity index is 1.68. The first-order chi connectivity index (χ1) is 15.0. The van der Waals surface area contributed by atoms with Gasteiger partial charge in [-0.3, -0.25) is 4.79 Å². The van der Waals surface area contributed by atoms with Crippen molar-refractivity contribution in [2.75, 3.05) is 5.32 Å². The number of hydrogen-bond donors (Lipinski definition) is 1. The van der Waals surface area contributed by atoms with Crippen molar-refractivity contribution in [2.24, 2.45) is 0 Å². The highest BCUT2D eigenvalue weighted by molar-refractivity contribution is 7.98. The number of benzene rings is 2. The average molecular weight is 471 g/mol. The second-order valence-electron chi connectivity index (χ2n) is 6.51. The van der Waals surface area contributed by atoms with E-state index in [4.69, 9.17) is 23.2 Å². The summed E-state index contributed by atoms with van der Waals surface area (Å²) in [6.45, 7) is 1.92. The van der Waals surface area contributed by atoms with Gasteiger partial charge in [0, 0.05) is 33.9 Å². The van der Waals surface area contributed by atoms with E-state index in [0.29, 0.717) is 38.0 Å². The third kappa shape index (κ3) is 5.04. The molecule has 0 saturated heterocycles. The van der Waals surface area contributed by atoms with Crippen LogP contribution in [0.5, 0.6) is 0 Å². The van der Waals surface area contributed by atoms with Crippen LogP contribution in [0.15, 0.2) is 66.1 Å². The molecular weight excluding hydrogens is 455 g/mol. The molecule has 4 aromatic rings. The predicted octanol–water partition coefficient (Wildman–Crippen LogP) is 5.22. The van der Waals surface area contributed by atoms with Gasteiger partial charge in [0.2, 0.25) is 0 Å². The zero-order chi connectivity index (χ0) is 21.8. The smallest absolute Gasteiger partial charge is 0.278 e. The molecule has 4 rings (SSSR count). The predicted molar refractivity (Wildman–Crippen MR) is 122 cm³/mol. The van der Waals surface area contributed by atoms with Crippen LogP contribution in [-0.4, -0.2) is 30.9 Å². The van der Waals surface area contributed by atoms with Crippen molar-refractivity contribution in [1.29, 1.82) is 0 Å². The normalized spacial score (nSPS) is 10.8. The van der Waals surface area contributed by atoms with E-state index >= 15 is 0 Å². The van der Waals surface area contributed by atoms with E-state index in [-0.39, 0.29) is 11.6 Å². The molecule has 156 valence electrons. The summed E-state index contributed by atoms with van der Waals surface area (Å²) in [6.07, 6.45) is 3.33. The summed E-state index contributed by atoms with van der Waals surface area (Å²) in [4.78, 5) is 21.4. The first-order valence-electron chi connectivity index (χ1n) is 9.19. The van der Waals surface area contributed by atoms with Gasteiger partial charge in [-0.2, -0.15) is 0 Å². The van der Waals surface area contributed by atoms with Crippen LogP contribution in [0.4, 0.5) is 5.69 Å². The second-order valence-corrected chi connectivity index (χ2v) is 8.30. The zero-order valence-electron chi connectivity index (χ0n) is 16.3. The molecule has 0 radical (unpaired) electrons. The van der Waals surface area contributed by atoms with Crippen molar-refractivity contribution < 1.29 is 4.79 Å². The van der Waals surface area contributed by atoms with Gasteiger partial charge < -0.3 is 5.32 Å². The highest BCUT2D eigenvalue weighted by atomic mass is 35.5. The van der Waals surface area contributed by atoms with Gasteiger partial charge in [0.15, 0.2) is 10.9 Å². The molecule has 7 nitrogen and oxygen atoms in total. The van der Waals surface area contributed by atoms with Crippen LogP contribution in [0.2, 0.25) is 10.0 Å². The van der Waals surface area contributed by atoms with Crippen LogP contribution in [-0.2, 0) is 5.75 Å². The lowest BCUT2D eigenvalue weighted by Crippen LogP contribution is -2.15. The highest BCUT2D eigenvalue weighted by Gasteiger charge is 2.22. The number of thioether (sulfide) groups is 1. The average Bonchev–Trinajstić information content (AvgIpc) is 3.20. The van der Waals surface area contributed by atoms with Gasteiger partial charge in [-0.05, 0) is 55.0 Å². The molecule has 0 aliphatic carbocycles. The molecule has 10 heteroatoms. The molecule has 2 aromatic heterocycles. The van der Waals surface area contributed by atoms with Crippen LogP contribution in [0.3, 0.4) is 0 Å². The summed E-state index contributed by atoms with van der Waals surface area (Å²) in [5.41, 5.74) is 3.06. The number of halogens is 2. The van der Waals surface area contributed by atoms with Crippen LogP contribution >= 0.6 is 35.0 Å². The maximum atomic E-state index is 13.0. The van der Waals surface area contributed by atoms with Crippen LogP contribution in [0.25, 0.3) is 5.69 Å². The summed E-state index contributed by atoms with van der Waals surface area (Å²) < 4.78 is 1.61. The highest BCUT2D eigenvalue weighted by Crippen LogP contribution is 2.26.